The van der Waals surface area contributed by atoms with Crippen molar-refractivity contribution in [2.45, 2.75) is 32.9 Å². The quantitative estimate of drug-likeness (QED) is 0.422. The van der Waals surface area contributed by atoms with Crippen molar-refractivity contribution in [2.24, 2.45) is 0 Å². The van der Waals surface area contributed by atoms with Gasteiger partial charge in [0.25, 0.3) is 5.69 Å². The van der Waals surface area contributed by atoms with Gasteiger partial charge in [-0.2, -0.15) is 0 Å². The summed E-state index contributed by atoms with van der Waals surface area (Å²) >= 11 is 0. The van der Waals surface area contributed by atoms with Crippen molar-refractivity contribution in [1.29, 1.82) is 0 Å². The molecule has 1 aromatic heterocycles. The number of nitro groups is 1. The second-order valence-corrected chi connectivity index (χ2v) is 6.52. The molecule has 1 heterocycles. The topological polar surface area (TPSA) is 119 Å². The van der Waals surface area contributed by atoms with Crippen LogP contribution in [0.4, 0.5) is 11.4 Å². The van der Waals surface area contributed by atoms with Crippen LogP contribution in [0.15, 0.2) is 51.7 Å². The van der Waals surface area contributed by atoms with Gasteiger partial charge in [-0.05, 0) is 30.7 Å². The van der Waals surface area contributed by atoms with Gasteiger partial charge in [-0.1, -0.05) is 25.1 Å². The van der Waals surface area contributed by atoms with Crippen LogP contribution in [-0.2, 0) is 17.9 Å². The van der Waals surface area contributed by atoms with E-state index in [4.69, 9.17) is 4.42 Å². The van der Waals surface area contributed by atoms with E-state index in [2.05, 4.69) is 10.6 Å². The Morgan fingerprint density at radius 3 is 2.79 bits per heavy atom. The number of hydrogen-bond acceptors (Lipinski definition) is 6. The zero-order valence-electron chi connectivity index (χ0n) is 16.0. The molecule has 9 nitrogen and oxygen atoms in total. The van der Waals surface area contributed by atoms with Crippen molar-refractivity contribution in [1.82, 2.24) is 9.88 Å². The Kier molecular flexibility index (Phi) is 6.40. The van der Waals surface area contributed by atoms with Crippen LogP contribution in [0, 0.1) is 10.1 Å². The second kappa shape index (κ2) is 9.16. The van der Waals surface area contributed by atoms with Gasteiger partial charge in [-0.25, -0.2) is 4.79 Å². The average Bonchev–Trinajstić information content (AvgIpc) is 3.01. The number of non-ortho nitro benzene ring substituents is 1. The molecule has 29 heavy (non-hydrogen) atoms. The van der Waals surface area contributed by atoms with Crippen LogP contribution in [0.3, 0.4) is 0 Å². The highest BCUT2D eigenvalue weighted by Crippen LogP contribution is 2.20. The minimum absolute atomic E-state index is 0.144. The Bertz CT molecular complexity index is 1090. The summed E-state index contributed by atoms with van der Waals surface area (Å²) in [5, 5.41) is 17.0. The standard InChI is InChI=1S/C20H22N4O5/c1-2-21-13-14-6-3-4-7-16(14)22-19(25)8-5-11-23-17-10-9-15(24(27)28)12-18(17)29-20(23)26/h3-4,6-7,9-10,12,21H,2,5,8,11,13H2,1H3,(H,22,25). The van der Waals surface area contributed by atoms with Gasteiger partial charge in [-0.15, -0.1) is 0 Å². The van der Waals surface area contributed by atoms with Crippen LogP contribution in [0.2, 0.25) is 0 Å². The Labute approximate surface area is 166 Å². The molecule has 0 unspecified atom stereocenters. The van der Waals surface area contributed by atoms with Crippen molar-refractivity contribution in [2.75, 3.05) is 11.9 Å². The third-order valence-electron chi connectivity index (χ3n) is 4.51. The van der Waals surface area contributed by atoms with Crippen LogP contribution in [0.5, 0.6) is 0 Å². The highest BCUT2D eigenvalue weighted by molar-refractivity contribution is 5.91. The van der Waals surface area contributed by atoms with E-state index in [1.807, 2.05) is 31.2 Å². The zero-order chi connectivity index (χ0) is 20.8. The normalized spacial score (nSPS) is 10.9. The lowest BCUT2D eigenvalue weighted by Gasteiger charge is -2.11. The summed E-state index contributed by atoms with van der Waals surface area (Å²) in [5.41, 5.74) is 2.25. The number of carbonyl (C=O) groups excluding carboxylic acids is 1. The number of benzene rings is 2. The highest BCUT2D eigenvalue weighted by Gasteiger charge is 2.14. The van der Waals surface area contributed by atoms with Crippen LogP contribution >= 0.6 is 0 Å². The zero-order valence-corrected chi connectivity index (χ0v) is 16.0. The number of rotatable bonds is 9. The van der Waals surface area contributed by atoms with E-state index >= 15 is 0 Å². The van der Waals surface area contributed by atoms with Gasteiger partial charge in [0.15, 0.2) is 5.58 Å². The average molecular weight is 398 g/mol. The summed E-state index contributed by atoms with van der Waals surface area (Å²) in [7, 11) is 0. The maximum absolute atomic E-state index is 12.3. The molecule has 0 aliphatic heterocycles. The Hall–Kier alpha value is -3.46. The molecule has 9 heteroatoms. The van der Waals surface area contributed by atoms with Gasteiger partial charge in [0.05, 0.1) is 16.5 Å². The van der Waals surface area contributed by atoms with Crippen LogP contribution in [0.1, 0.15) is 25.3 Å². The van der Waals surface area contributed by atoms with E-state index in [1.54, 1.807) is 0 Å². The van der Waals surface area contributed by atoms with Crippen molar-refractivity contribution in [3.8, 4) is 0 Å². The van der Waals surface area contributed by atoms with Crippen LogP contribution in [-0.4, -0.2) is 21.9 Å². The van der Waals surface area contributed by atoms with Crippen molar-refractivity contribution < 1.29 is 14.1 Å². The molecule has 0 fully saturated rings. The second-order valence-electron chi connectivity index (χ2n) is 6.52. The molecule has 152 valence electrons. The molecule has 0 saturated heterocycles. The van der Waals surface area contributed by atoms with Crippen molar-refractivity contribution in [3.63, 3.8) is 0 Å². The molecular weight excluding hydrogens is 376 g/mol. The number of oxazole rings is 1. The fourth-order valence-corrected chi connectivity index (χ4v) is 3.05. The number of amides is 1. The lowest BCUT2D eigenvalue weighted by Crippen LogP contribution is -2.18. The molecular formula is C20H22N4O5. The molecule has 2 N–H and O–H groups in total. The van der Waals surface area contributed by atoms with Crippen molar-refractivity contribution >= 4 is 28.4 Å². The van der Waals surface area contributed by atoms with E-state index in [1.165, 1.54) is 22.8 Å². The van der Waals surface area contributed by atoms with Gasteiger partial charge in [0.2, 0.25) is 5.91 Å². The molecule has 0 aliphatic carbocycles. The monoisotopic (exact) mass is 398 g/mol. The smallest absolute Gasteiger partial charge is 0.407 e. The molecule has 0 radical (unpaired) electrons. The largest absolute Gasteiger partial charge is 0.419 e. The number of carbonyl (C=O) groups is 1. The molecule has 2 aromatic carbocycles. The highest BCUT2D eigenvalue weighted by atomic mass is 16.6. The van der Waals surface area contributed by atoms with Crippen LogP contribution < -0.4 is 16.4 Å². The third kappa shape index (κ3) is 4.88. The molecule has 0 saturated carbocycles. The fraction of sp³-hybridized carbons (Fsp3) is 0.300. The number of hydrogen-bond donors (Lipinski definition) is 2. The summed E-state index contributed by atoms with van der Waals surface area (Å²) in [6.45, 7) is 3.78. The maximum atomic E-state index is 12.3. The van der Waals surface area contributed by atoms with E-state index in [9.17, 15) is 19.7 Å². The number of nitrogens with one attached hydrogen (secondary N) is 2. The third-order valence-corrected chi connectivity index (χ3v) is 4.51. The van der Waals surface area contributed by atoms with Gasteiger partial charge in [-0.3, -0.25) is 19.5 Å². The van der Waals surface area contributed by atoms with Gasteiger partial charge in [0.1, 0.15) is 0 Å². The first kappa shape index (κ1) is 20.3. The predicted molar refractivity (Wildman–Crippen MR) is 109 cm³/mol. The molecule has 1 amide bonds. The molecule has 0 spiro atoms. The Balaban J connectivity index is 1.62. The Morgan fingerprint density at radius 1 is 1.24 bits per heavy atom. The number of nitrogens with zero attached hydrogens (tertiary/aromatic N) is 2. The minimum atomic E-state index is -0.600. The number of fused-ring (bicyclic) bond motifs is 1. The number of aromatic nitrogens is 1. The maximum Gasteiger partial charge on any atom is 0.419 e. The molecule has 0 aliphatic rings. The van der Waals surface area contributed by atoms with Crippen molar-refractivity contribution in [3.05, 3.63) is 68.7 Å². The summed E-state index contributed by atoms with van der Waals surface area (Å²) in [6, 6.07) is 11.6. The number of anilines is 1. The van der Waals surface area contributed by atoms with E-state index in [0.717, 1.165) is 17.8 Å². The van der Waals surface area contributed by atoms with E-state index < -0.39 is 10.7 Å². The minimum Gasteiger partial charge on any atom is -0.407 e. The first-order valence-corrected chi connectivity index (χ1v) is 9.36. The summed E-state index contributed by atoms with van der Waals surface area (Å²) in [4.78, 5) is 34.7. The Morgan fingerprint density at radius 2 is 2.03 bits per heavy atom. The van der Waals surface area contributed by atoms with Gasteiger partial charge in [0, 0.05) is 31.3 Å². The van der Waals surface area contributed by atoms with Crippen LogP contribution in [0.25, 0.3) is 11.1 Å². The molecule has 3 rings (SSSR count). The van der Waals surface area contributed by atoms with Gasteiger partial charge < -0.3 is 15.1 Å². The van der Waals surface area contributed by atoms with E-state index in [-0.39, 0.29) is 30.1 Å². The fourth-order valence-electron chi connectivity index (χ4n) is 3.05. The SMILES string of the molecule is CCNCc1ccccc1NC(=O)CCCn1c(=O)oc2cc([N+](=O)[O-])ccc21. The number of aryl methyl sites for hydroxylation is 1. The molecule has 0 bridgehead atoms. The summed E-state index contributed by atoms with van der Waals surface area (Å²) in [6.07, 6.45) is 0.647. The lowest BCUT2D eigenvalue weighted by atomic mass is 10.1. The molecule has 3 aromatic rings. The lowest BCUT2D eigenvalue weighted by molar-refractivity contribution is -0.384. The summed E-state index contributed by atoms with van der Waals surface area (Å²) in [5.74, 6) is -0.748. The summed E-state index contributed by atoms with van der Waals surface area (Å²) < 4.78 is 6.47. The first-order chi connectivity index (χ1) is 14.0. The predicted octanol–water partition coefficient (Wildman–Crippen LogP) is 3.03. The number of para-hydroxylation sites is 1. The van der Waals surface area contributed by atoms with Gasteiger partial charge >= 0.3 is 5.76 Å². The van der Waals surface area contributed by atoms with E-state index in [0.29, 0.717) is 18.5 Å². The number of nitro benzene ring substituents is 1. The molecule has 0 atom stereocenters. The first-order valence-electron chi connectivity index (χ1n) is 9.36.